The number of hydrogen-bond donors (Lipinski definition) is 1. The lowest BCUT2D eigenvalue weighted by Crippen LogP contribution is -2.13. The molecule has 0 bridgehead atoms. The summed E-state index contributed by atoms with van der Waals surface area (Å²) in [5, 5.41) is 20.3. The Balaban J connectivity index is 1.62. The van der Waals surface area contributed by atoms with Crippen LogP contribution in [0.3, 0.4) is 0 Å². The molecule has 8 nitrogen and oxygen atoms in total. The van der Waals surface area contributed by atoms with Gasteiger partial charge in [-0.1, -0.05) is 35.3 Å². The van der Waals surface area contributed by atoms with Crippen LogP contribution in [0.1, 0.15) is 10.4 Å². The van der Waals surface area contributed by atoms with Crippen LogP contribution in [0.2, 0.25) is 10.0 Å². The highest BCUT2D eigenvalue weighted by molar-refractivity contribution is 7.15. The van der Waals surface area contributed by atoms with Crippen molar-refractivity contribution in [1.29, 1.82) is 0 Å². The number of benzene rings is 2. The van der Waals surface area contributed by atoms with Gasteiger partial charge in [0.05, 0.1) is 10.6 Å². The molecule has 1 amide bonds. The summed E-state index contributed by atoms with van der Waals surface area (Å²) in [6, 6.07) is 11.1. The number of nitrogens with zero attached hydrogens (tertiary/aromatic N) is 4. The number of carbonyl (C=O) groups is 1. The van der Waals surface area contributed by atoms with Crippen molar-refractivity contribution in [3.05, 3.63) is 73.6 Å². The van der Waals surface area contributed by atoms with E-state index in [9.17, 15) is 14.9 Å². The summed E-state index contributed by atoms with van der Waals surface area (Å²) in [6.45, 7) is 0. The largest absolute Gasteiger partial charge is 0.289 e. The van der Waals surface area contributed by atoms with Crippen molar-refractivity contribution in [3.63, 3.8) is 0 Å². The van der Waals surface area contributed by atoms with E-state index in [1.54, 1.807) is 16.6 Å². The zero-order chi connectivity index (χ0) is 19.8. The number of anilines is 1. The number of hydrogen-bond acceptors (Lipinski definition) is 6. The summed E-state index contributed by atoms with van der Waals surface area (Å²) in [7, 11) is 0. The van der Waals surface area contributed by atoms with Gasteiger partial charge in [-0.15, -0.1) is 16.4 Å². The molecule has 0 saturated carbocycles. The highest BCUT2D eigenvalue weighted by atomic mass is 35.5. The summed E-state index contributed by atoms with van der Waals surface area (Å²) in [5.41, 5.74) is 1.42. The Hall–Kier alpha value is -3.01. The van der Waals surface area contributed by atoms with Gasteiger partial charge in [0.25, 0.3) is 17.5 Å². The molecule has 2 heterocycles. The predicted molar refractivity (Wildman–Crippen MR) is 107 cm³/mol. The van der Waals surface area contributed by atoms with Crippen LogP contribution in [-0.4, -0.2) is 25.4 Å². The second-order valence-corrected chi connectivity index (χ2v) is 7.32. The van der Waals surface area contributed by atoms with Gasteiger partial charge in [0.1, 0.15) is 5.02 Å². The number of thiazole rings is 1. The van der Waals surface area contributed by atoms with Gasteiger partial charge in [-0.3, -0.25) is 20.2 Å². The van der Waals surface area contributed by atoms with Crippen molar-refractivity contribution in [2.24, 2.45) is 0 Å². The smallest absolute Gasteiger partial charge is 0.288 e. The number of halogens is 2. The number of nitro benzene ring substituents is 1. The van der Waals surface area contributed by atoms with Crippen molar-refractivity contribution in [2.45, 2.75) is 0 Å². The molecule has 11 heteroatoms. The van der Waals surface area contributed by atoms with Gasteiger partial charge in [0.2, 0.25) is 4.96 Å². The first kappa shape index (κ1) is 18.4. The minimum absolute atomic E-state index is 0.0465. The average Bonchev–Trinajstić information content (AvgIpc) is 3.22. The summed E-state index contributed by atoms with van der Waals surface area (Å²) in [5.74, 6) is -0.490. The van der Waals surface area contributed by atoms with Crippen LogP contribution >= 0.6 is 34.5 Å². The number of nitro groups is 1. The fourth-order valence-electron chi connectivity index (χ4n) is 2.52. The fraction of sp³-hybridized carbons (Fsp3) is 0. The number of aromatic nitrogens is 3. The molecule has 0 spiro atoms. The number of rotatable bonds is 4. The quantitative estimate of drug-likeness (QED) is 0.363. The van der Waals surface area contributed by atoms with E-state index in [0.717, 1.165) is 17.3 Å². The molecule has 2 aromatic carbocycles. The van der Waals surface area contributed by atoms with Crippen molar-refractivity contribution >= 4 is 57.0 Å². The Morgan fingerprint density at radius 3 is 2.64 bits per heavy atom. The van der Waals surface area contributed by atoms with E-state index in [1.165, 1.54) is 23.5 Å². The molecule has 0 aliphatic rings. The van der Waals surface area contributed by atoms with Crippen LogP contribution in [0, 0.1) is 10.1 Å². The molecule has 140 valence electrons. The molecule has 1 N–H and O–H groups in total. The molecule has 4 rings (SSSR count). The Kier molecular flexibility index (Phi) is 4.71. The van der Waals surface area contributed by atoms with E-state index in [-0.39, 0.29) is 22.2 Å². The first-order valence-electron chi connectivity index (χ1n) is 7.78. The summed E-state index contributed by atoms with van der Waals surface area (Å²) >= 11 is 13.1. The second-order valence-electron chi connectivity index (χ2n) is 5.64. The van der Waals surface area contributed by atoms with E-state index < -0.39 is 10.8 Å². The summed E-state index contributed by atoms with van der Waals surface area (Å²) < 4.78 is 1.60. The molecule has 2 aromatic heterocycles. The van der Waals surface area contributed by atoms with Gasteiger partial charge >= 0.3 is 0 Å². The number of amides is 1. The molecule has 0 radical (unpaired) electrons. The van der Waals surface area contributed by atoms with Gasteiger partial charge < -0.3 is 0 Å². The maximum atomic E-state index is 12.4. The Labute approximate surface area is 171 Å². The van der Waals surface area contributed by atoms with E-state index in [1.807, 2.05) is 17.5 Å². The second kappa shape index (κ2) is 7.19. The average molecular weight is 434 g/mol. The van der Waals surface area contributed by atoms with Gasteiger partial charge in [0.15, 0.2) is 0 Å². The molecule has 4 aromatic rings. The van der Waals surface area contributed by atoms with Crippen molar-refractivity contribution in [2.75, 3.05) is 5.32 Å². The lowest BCUT2D eigenvalue weighted by Gasteiger charge is -2.02. The van der Waals surface area contributed by atoms with Gasteiger partial charge in [0, 0.05) is 27.6 Å². The van der Waals surface area contributed by atoms with Crippen molar-refractivity contribution < 1.29 is 9.72 Å². The third-order valence-electron chi connectivity index (χ3n) is 3.85. The molecular formula is C17H9Cl2N5O3S. The Morgan fingerprint density at radius 1 is 1.18 bits per heavy atom. The van der Waals surface area contributed by atoms with Crippen LogP contribution in [-0.2, 0) is 0 Å². The molecule has 0 fully saturated rings. The topological polar surface area (TPSA) is 102 Å². The van der Waals surface area contributed by atoms with Crippen LogP contribution in [0.5, 0.6) is 0 Å². The van der Waals surface area contributed by atoms with Crippen molar-refractivity contribution in [1.82, 2.24) is 14.6 Å². The van der Waals surface area contributed by atoms with Crippen LogP contribution < -0.4 is 5.32 Å². The number of fused-ring (bicyclic) bond motifs is 1. The summed E-state index contributed by atoms with van der Waals surface area (Å²) in [4.78, 5) is 27.6. The van der Waals surface area contributed by atoms with Crippen LogP contribution in [0.25, 0.3) is 16.2 Å². The van der Waals surface area contributed by atoms with E-state index in [2.05, 4.69) is 15.4 Å². The third-order valence-corrected chi connectivity index (χ3v) is 5.24. The van der Waals surface area contributed by atoms with Gasteiger partial charge in [-0.05, 0) is 24.3 Å². The molecule has 0 unspecified atom stereocenters. The number of nitrogens with one attached hydrogen (secondary N) is 1. The van der Waals surface area contributed by atoms with Crippen LogP contribution in [0.4, 0.5) is 11.6 Å². The maximum Gasteiger partial charge on any atom is 0.288 e. The molecule has 0 aliphatic carbocycles. The van der Waals surface area contributed by atoms with E-state index in [4.69, 9.17) is 23.2 Å². The zero-order valence-corrected chi connectivity index (χ0v) is 16.1. The van der Waals surface area contributed by atoms with E-state index in [0.29, 0.717) is 9.98 Å². The maximum absolute atomic E-state index is 12.4. The highest BCUT2D eigenvalue weighted by Crippen LogP contribution is 2.28. The monoisotopic (exact) mass is 433 g/mol. The summed E-state index contributed by atoms with van der Waals surface area (Å²) in [6.07, 6.45) is 0. The minimum atomic E-state index is -0.650. The molecule has 28 heavy (non-hydrogen) atoms. The Morgan fingerprint density at radius 2 is 1.93 bits per heavy atom. The van der Waals surface area contributed by atoms with Crippen molar-refractivity contribution in [3.8, 4) is 11.3 Å². The molecule has 0 aliphatic heterocycles. The predicted octanol–water partition coefficient (Wildman–Crippen LogP) is 4.93. The Bertz CT molecular complexity index is 1220. The lowest BCUT2D eigenvalue weighted by atomic mass is 10.2. The standard InChI is InChI=1S/C17H9Cl2N5O3S/c18-11-4-1-9(2-5-11)14-8-28-17-21-16(22-23(14)17)20-15(25)10-3-6-12(19)13(7-10)24(26)27/h1-8H,(H,20,22,25). The molecule has 0 atom stereocenters. The third kappa shape index (κ3) is 3.42. The zero-order valence-electron chi connectivity index (χ0n) is 13.8. The normalized spacial score (nSPS) is 10.9. The van der Waals surface area contributed by atoms with E-state index >= 15 is 0 Å². The molecule has 0 saturated heterocycles. The first-order chi connectivity index (χ1) is 13.4. The van der Waals surface area contributed by atoms with Gasteiger partial charge in [-0.25, -0.2) is 4.52 Å². The lowest BCUT2D eigenvalue weighted by molar-refractivity contribution is -0.384. The fourth-order valence-corrected chi connectivity index (χ4v) is 3.66. The number of carbonyl (C=O) groups excluding carboxylic acids is 1. The SMILES string of the molecule is O=C(Nc1nc2scc(-c3ccc(Cl)cc3)n2n1)c1ccc(Cl)c([N+](=O)[O-])c1. The highest BCUT2D eigenvalue weighted by Gasteiger charge is 2.18. The molecular weight excluding hydrogens is 425 g/mol. The van der Waals surface area contributed by atoms with Gasteiger partial charge in [-0.2, -0.15) is 4.98 Å². The minimum Gasteiger partial charge on any atom is -0.289 e. The van der Waals surface area contributed by atoms with Crippen LogP contribution in [0.15, 0.2) is 47.8 Å². The first-order valence-corrected chi connectivity index (χ1v) is 9.41.